The van der Waals surface area contributed by atoms with Crippen molar-refractivity contribution in [3.63, 3.8) is 0 Å². The van der Waals surface area contributed by atoms with E-state index in [1.807, 2.05) is 36.1 Å². The smallest absolute Gasteiger partial charge is 0.245 e. The molecule has 2 atom stereocenters. The molecule has 1 aromatic carbocycles. The van der Waals surface area contributed by atoms with E-state index in [1.54, 1.807) is 18.6 Å². The van der Waals surface area contributed by atoms with Gasteiger partial charge in [-0.15, -0.1) is 0 Å². The van der Waals surface area contributed by atoms with Crippen LogP contribution in [0.2, 0.25) is 0 Å². The molecule has 3 aromatic rings. The number of nitrogens with two attached hydrogens (primary N) is 1. The molecule has 2 aromatic heterocycles. The summed E-state index contributed by atoms with van der Waals surface area (Å²) >= 11 is 0. The number of hydrogen-bond donors (Lipinski definition) is 4. The van der Waals surface area contributed by atoms with Gasteiger partial charge in [0.1, 0.15) is 6.04 Å². The van der Waals surface area contributed by atoms with Crippen molar-refractivity contribution in [1.29, 1.82) is 0 Å². The Kier molecular flexibility index (Phi) is 8.19. The van der Waals surface area contributed by atoms with Gasteiger partial charge in [-0.3, -0.25) is 19.7 Å². The first-order chi connectivity index (χ1) is 18.5. The molecule has 10 nitrogen and oxygen atoms in total. The Morgan fingerprint density at radius 2 is 1.87 bits per heavy atom. The molecule has 2 aliphatic heterocycles. The number of benzene rings is 1. The Bertz CT molecular complexity index is 1230. The molecule has 38 heavy (non-hydrogen) atoms. The van der Waals surface area contributed by atoms with Crippen LogP contribution in [-0.2, 0) is 16.0 Å². The summed E-state index contributed by atoms with van der Waals surface area (Å²) in [6, 6.07) is 6.72. The SMILES string of the molecule is Cc1cc(C[C@@H](N)C(=O)N[C@@H](CC2CCNCC2)C(=O)N2CCN(c3ccncc3)CC2)cc2cn[nH]c12. The van der Waals surface area contributed by atoms with Gasteiger partial charge in [-0.1, -0.05) is 6.07 Å². The number of aromatic amines is 1. The van der Waals surface area contributed by atoms with Crippen molar-refractivity contribution in [3.05, 3.63) is 54.0 Å². The van der Waals surface area contributed by atoms with Crippen molar-refractivity contribution in [3.8, 4) is 0 Å². The molecular formula is C28H38N8O2. The van der Waals surface area contributed by atoms with E-state index in [0.717, 1.165) is 66.7 Å². The van der Waals surface area contributed by atoms with Gasteiger partial charge >= 0.3 is 0 Å². The third-order valence-corrected chi connectivity index (χ3v) is 7.86. The number of piperazine rings is 1. The quantitative estimate of drug-likeness (QED) is 0.354. The van der Waals surface area contributed by atoms with E-state index in [-0.39, 0.29) is 11.8 Å². The van der Waals surface area contributed by atoms with E-state index < -0.39 is 12.1 Å². The zero-order chi connectivity index (χ0) is 26.5. The average molecular weight is 519 g/mol. The van der Waals surface area contributed by atoms with Gasteiger partial charge < -0.3 is 26.2 Å². The van der Waals surface area contributed by atoms with Crippen LogP contribution in [0.3, 0.4) is 0 Å². The maximum absolute atomic E-state index is 13.7. The topological polar surface area (TPSA) is 132 Å². The number of H-pyrrole nitrogens is 1. The molecule has 4 heterocycles. The molecule has 5 rings (SSSR count). The number of rotatable bonds is 8. The number of nitrogens with zero attached hydrogens (tertiary/aromatic N) is 4. The predicted molar refractivity (Wildman–Crippen MR) is 148 cm³/mol. The Hall–Kier alpha value is -3.50. The van der Waals surface area contributed by atoms with Crippen LogP contribution < -0.4 is 21.3 Å². The third kappa shape index (κ3) is 6.14. The molecule has 0 radical (unpaired) electrons. The van der Waals surface area contributed by atoms with Gasteiger partial charge in [0.25, 0.3) is 0 Å². The van der Waals surface area contributed by atoms with Crippen LogP contribution in [0.4, 0.5) is 5.69 Å². The minimum absolute atomic E-state index is 0.00544. The monoisotopic (exact) mass is 518 g/mol. The number of hydrogen-bond acceptors (Lipinski definition) is 7. The van der Waals surface area contributed by atoms with Crippen LogP contribution in [0.15, 0.2) is 42.9 Å². The highest BCUT2D eigenvalue weighted by molar-refractivity contribution is 5.90. The van der Waals surface area contributed by atoms with E-state index in [1.165, 1.54) is 0 Å². The second kappa shape index (κ2) is 11.9. The van der Waals surface area contributed by atoms with Crippen LogP contribution in [-0.4, -0.2) is 83.2 Å². The Morgan fingerprint density at radius 3 is 2.61 bits per heavy atom. The number of carbonyl (C=O) groups excluding carboxylic acids is 2. The zero-order valence-corrected chi connectivity index (χ0v) is 22.0. The second-order valence-corrected chi connectivity index (χ2v) is 10.6. The van der Waals surface area contributed by atoms with Gasteiger partial charge in [0.2, 0.25) is 11.8 Å². The van der Waals surface area contributed by atoms with Crippen molar-refractivity contribution >= 4 is 28.4 Å². The molecule has 0 saturated carbocycles. The van der Waals surface area contributed by atoms with Gasteiger partial charge in [0, 0.05) is 49.6 Å². The molecular weight excluding hydrogens is 480 g/mol. The average Bonchev–Trinajstić information content (AvgIpc) is 3.43. The van der Waals surface area contributed by atoms with Crippen LogP contribution in [0, 0.1) is 12.8 Å². The van der Waals surface area contributed by atoms with Crippen LogP contribution in [0.5, 0.6) is 0 Å². The summed E-state index contributed by atoms with van der Waals surface area (Å²) < 4.78 is 0. The fourth-order valence-corrected chi connectivity index (χ4v) is 5.69. The molecule has 5 N–H and O–H groups in total. The number of piperidine rings is 1. The molecule has 0 bridgehead atoms. The largest absolute Gasteiger partial charge is 0.368 e. The lowest BCUT2D eigenvalue weighted by atomic mass is 9.90. The molecule has 0 spiro atoms. The minimum atomic E-state index is -0.745. The van der Waals surface area contributed by atoms with Crippen molar-refractivity contribution in [2.75, 3.05) is 44.2 Å². The second-order valence-electron chi connectivity index (χ2n) is 10.6. The molecule has 2 amide bonds. The third-order valence-electron chi connectivity index (χ3n) is 7.86. The summed E-state index contributed by atoms with van der Waals surface area (Å²) in [6.07, 6.45) is 8.40. The van der Waals surface area contributed by atoms with E-state index in [0.29, 0.717) is 31.8 Å². The normalized spacial score (nSPS) is 18.4. The van der Waals surface area contributed by atoms with E-state index >= 15 is 0 Å². The van der Waals surface area contributed by atoms with Crippen molar-refractivity contribution in [2.45, 2.75) is 44.7 Å². The molecule has 0 unspecified atom stereocenters. The Morgan fingerprint density at radius 1 is 1.13 bits per heavy atom. The van der Waals surface area contributed by atoms with Crippen molar-refractivity contribution in [1.82, 2.24) is 30.7 Å². The highest BCUT2D eigenvalue weighted by Crippen LogP contribution is 2.22. The fraction of sp³-hybridized carbons (Fsp3) is 0.500. The summed E-state index contributed by atoms with van der Waals surface area (Å²) in [6.45, 7) is 6.64. The van der Waals surface area contributed by atoms with Crippen LogP contribution >= 0.6 is 0 Å². The number of anilines is 1. The standard InChI is InChI=1S/C28H38N8O2/c1-19-14-21(15-22-18-32-34-26(19)22)16-24(29)27(37)33-25(17-20-2-6-30-7-3-20)28(38)36-12-10-35(11-13-36)23-4-8-31-9-5-23/h4-5,8-9,14-15,18,20,24-25,30H,2-3,6-7,10-13,16-17,29H2,1H3,(H,32,34)(H,33,37)/t24-,25+/m1/s1. The molecule has 2 saturated heterocycles. The molecule has 2 aliphatic rings. The maximum atomic E-state index is 13.7. The number of aryl methyl sites for hydroxylation is 1. The van der Waals surface area contributed by atoms with Crippen LogP contribution in [0.1, 0.15) is 30.4 Å². The summed E-state index contributed by atoms with van der Waals surface area (Å²) in [7, 11) is 0. The summed E-state index contributed by atoms with van der Waals surface area (Å²) in [5.41, 5.74) is 10.5. The lowest BCUT2D eigenvalue weighted by molar-refractivity contribution is -0.137. The van der Waals surface area contributed by atoms with Gasteiger partial charge in [0.15, 0.2) is 0 Å². The van der Waals surface area contributed by atoms with Gasteiger partial charge in [0.05, 0.1) is 17.8 Å². The first-order valence-corrected chi connectivity index (χ1v) is 13.6. The number of aromatic nitrogens is 3. The van der Waals surface area contributed by atoms with E-state index in [9.17, 15) is 9.59 Å². The van der Waals surface area contributed by atoms with E-state index in [2.05, 4.69) is 30.7 Å². The fourth-order valence-electron chi connectivity index (χ4n) is 5.69. The number of nitrogens with one attached hydrogen (secondary N) is 3. The Balaban J connectivity index is 1.23. The summed E-state index contributed by atoms with van der Waals surface area (Å²) in [5.74, 6) is 0.109. The van der Waals surface area contributed by atoms with Gasteiger partial charge in [-0.05, 0) is 80.9 Å². The number of pyridine rings is 1. The Labute approximate surface area is 223 Å². The zero-order valence-electron chi connectivity index (χ0n) is 22.0. The summed E-state index contributed by atoms with van der Waals surface area (Å²) in [5, 5.41) is 14.5. The lowest BCUT2D eigenvalue weighted by Gasteiger charge is -2.38. The first kappa shape index (κ1) is 26.1. The van der Waals surface area contributed by atoms with Gasteiger partial charge in [-0.25, -0.2) is 0 Å². The van der Waals surface area contributed by atoms with Crippen molar-refractivity contribution < 1.29 is 9.59 Å². The first-order valence-electron chi connectivity index (χ1n) is 13.6. The maximum Gasteiger partial charge on any atom is 0.245 e. The van der Waals surface area contributed by atoms with E-state index in [4.69, 9.17) is 5.73 Å². The van der Waals surface area contributed by atoms with Gasteiger partial charge in [-0.2, -0.15) is 5.10 Å². The number of amides is 2. The molecule has 10 heteroatoms. The molecule has 0 aliphatic carbocycles. The number of carbonyl (C=O) groups is 2. The highest BCUT2D eigenvalue weighted by Gasteiger charge is 2.32. The summed E-state index contributed by atoms with van der Waals surface area (Å²) in [4.78, 5) is 35.2. The number of fused-ring (bicyclic) bond motifs is 1. The minimum Gasteiger partial charge on any atom is -0.368 e. The lowest BCUT2D eigenvalue weighted by Crippen LogP contribution is -2.57. The predicted octanol–water partition coefficient (Wildman–Crippen LogP) is 1.36. The van der Waals surface area contributed by atoms with Crippen molar-refractivity contribution in [2.24, 2.45) is 11.7 Å². The van der Waals surface area contributed by atoms with Crippen LogP contribution in [0.25, 0.3) is 10.9 Å². The molecule has 2 fully saturated rings. The highest BCUT2D eigenvalue weighted by atomic mass is 16.2. The molecule has 202 valence electrons.